The van der Waals surface area contributed by atoms with Crippen molar-refractivity contribution < 1.29 is 13.2 Å². The Bertz CT molecular complexity index is 551. The summed E-state index contributed by atoms with van der Waals surface area (Å²) in [5, 5.41) is 3.17. The minimum Gasteiger partial charge on any atom is -0.380 e. The van der Waals surface area contributed by atoms with Gasteiger partial charge in [0, 0.05) is 26.2 Å². The van der Waals surface area contributed by atoms with E-state index in [0.29, 0.717) is 30.2 Å². The van der Waals surface area contributed by atoms with Gasteiger partial charge in [-0.15, -0.1) is 12.4 Å². The first-order valence-corrected chi connectivity index (χ1v) is 8.28. The van der Waals surface area contributed by atoms with Crippen molar-refractivity contribution in [1.29, 1.82) is 0 Å². The normalized spacial score (nSPS) is 20.0. The molecule has 7 heteroatoms. The van der Waals surface area contributed by atoms with Crippen LogP contribution in [0.3, 0.4) is 0 Å². The largest absolute Gasteiger partial charge is 0.380 e. The number of piperidine rings is 1. The number of likely N-dealkylation sites (N-methyl/N-ethyl adjacent to an activating group) is 1. The third-order valence-corrected chi connectivity index (χ3v) is 5.65. The van der Waals surface area contributed by atoms with Crippen LogP contribution in [0, 0.1) is 0 Å². The van der Waals surface area contributed by atoms with Gasteiger partial charge in [-0.1, -0.05) is 18.2 Å². The lowest BCUT2D eigenvalue weighted by Gasteiger charge is -2.32. The summed E-state index contributed by atoms with van der Waals surface area (Å²) in [6.45, 7) is 1.42. The van der Waals surface area contributed by atoms with Crippen LogP contribution in [0.2, 0.25) is 0 Å². The number of hydrogen-bond donors (Lipinski definition) is 1. The lowest BCUT2D eigenvalue weighted by Crippen LogP contribution is -2.47. The van der Waals surface area contributed by atoms with Crippen molar-refractivity contribution in [3.8, 4) is 0 Å². The topological polar surface area (TPSA) is 58.6 Å². The average Bonchev–Trinajstić information content (AvgIpc) is 2.48. The van der Waals surface area contributed by atoms with Gasteiger partial charge in [0.25, 0.3) is 0 Å². The van der Waals surface area contributed by atoms with Crippen LogP contribution in [0.1, 0.15) is 18.4 Å². The van der Waals surface area contributed by atoms with Gasteiger partial charge in [-0.3, -0.25) is 0 Å². The van der Waals surface area contributed by atoms with E-state index in [-0.39, 0.29) is 18.4 Å². The van der Waals surface area contributed by atoms with E-state index in [9.17, 15) is 8.42 Å². The molecular formula is C14H23ClN2O3S. The molecular weight excluding hydrogens is 312 g/mol. The number of ether oxygens (including phenoxy) is 1. The summed E-state index contributed by atoms with van der Waals surface area (Å²) in [5.41, 5.74) is 0.710. The minimum absolute atomic E-state index is 0. The molecule has 1 aliphatic heterocycles. The molecule has 1 aromatic rings. The lowest BCUT2D eigenvalue weighted by atomic mass is 10.1. The van der Waals surface area contributed by atoms with Gasteiger partial charge >= 0.3 is 0 Å². The molecule has 0 saturated carbocycles. The Morgan fingerprint density at radius 2 is 2.10 bits per heavy atom. The van der Waals surface area contributed by atoms with Crippen molar-refractivity contribution in [1.82, 2.24) is 9.62 Å². The number of hydrogen-bond acceptors (Lipinski definition) is 4. The fourth-order valence-corrected chi connectivity index (χ4v) is 4.30. The summed E-state index contributed by atoms with van der Waals surface area (Å²) < 4.78 is 32.2. The van der Waals surface area contributed by atoms with Gasteiger partial charge in [0.05, 0.1) is 11.5 Å². The summed E-state index contributed by atoms with van der Waals surface area (Å²) >= 11 is 0. The molecule has 1 heterocycles. The van der Waals surface area contributed by atoms with Crippen molar-refractivity contribution in [3.63, 3.8) is 0 Å². The van der Waals surface area contributed by atoms with Gasteiger partial charge in [0.15, 0.2) is 0 Å². The Kier molecular flexibility index (Phi) is 7.09. The van der Waals surface area contributed by atoms with Crippen molar-refractivity contribution in [2.45, 2.75) is 30.4 Å². The zero-order valence-corrected chi connectivity index (χ0v) is 14.0. The molecule has 1 N–H and O–H groups in total. The molecule has 0 spiro atoms. The average molecular weight is 335 g/mol. The molecule has 0 radical (unpaired) electrons. The van der Waals surface area contributed by atoms with E-state index >= 15 is 0 Å². The number of methoxy groups -OCH3 is 1. The third-order valence-electron chi connectivity index (χ3n) is 3.68. The fraction of sp³-hybridized carbons (Fsp3) is 0.571. The van der Waals surface area contributed by atoms with E-state index in [4.69, 9.17) is 4.74 Å². The second-order valence-electron chi connectivity index (χ2n) is 5.03. The Morgan fingerprint density at radius 3 is 2.76 bits per heavy atom. The van der Waals surface area contributed by atoms with Crippen LogP contribution in [0.25, 0.3) is 0 Å². The van der Waals surface area contributed by atoms with Crippen molar-refractivity contribution in [3.05, 3.63) is 29.8 Å². The first kappa shape index (κ1) is 18.4. The molecule has 1 unspecified atom stereocenters. The van der Waals surface area contributed by atoms with Crippen molar-refractivity contribution in [2.24, 2.45) is 0 Å². The molecule has 5 nitrogen and oxygen atoms in total. The van der Waals surface area contributed by atoms with E-state index in [2.05, 4.69) is 5.32 Å². The van der Waals surface area contributed by atoms with Gasteiger partial charge in [0.1, 0.15) is 0 Å². The Labute approximate surface area is 133 Å². The van der Waals surface area contributed by atoms with Crippen LogP contribution in [-0.2, 0) is 21.4 Å². The number of rotatable bonds is 5. The van der Waals surface area contributed by atoms with E-state index < -0.39 is 10.0 Å². The fourth-order valence-electron chi connectivity index (χ4n) is 2.57. The molecule has 120 valence electrons. The molecule has 1 fully saturated rings. The van der Waals surface area contributed by atoms with E-state index in [1.807, 2.05) is 13.1 Å². The van der Waals surface area contributed by atoms with Gasteiger partial charge in [-0.05, 0) is 31.5 Å². The Morgan fingerprint density at radius 1 is 1.38 bits per heavy atom. The van der Waals surface area contributed by atoms with Crippen LogP contribution in [-0.4, -0.2) is 46.0 Å². The smallest absolute Gasteiger partial charge is 0.243 e. The monoisotopic (exact) mass is 334 g/mol. The zero-order chi connectivity index (χ0) is 14.6. The first-order valence-electron chi connectivity index (χ1n) is 6.84. The molecule has 0 aliphatic carbocycles. The van der Waals surface area contributed by atoms with E-state index in [1.165, 1.54) is 0 Å². The molecule has 1 atom stereocenters. The van der Waals surface area contributed by atoms with Gasteiger partial charge in [-0.25, -0.2) is 8.42 Å². The molecule has 0 aromatic heterocycles. The van der Waals surface area contributed by atoms with Gasteiger partial charge < -0.3 is 10.1 Å². The second-order valence-corrected chi connectivity index (χ2v) is 6.94. The number of nitrogens with zero attached hydrogens (tertiary/aromatic N) is 1. The number of nitrogens with one attached hydrogen (secondary N) is 1. The van der Waals surface area contributed by atoms with Crippen molar-refractivity contribution >= 4 is 22.4 Å². The molecule has 0 amide bonds. The summed E-state index contributed by atoms with van der Waals surface area (Å²) in [5.74, 6) is 0. The number of halogens is 1. The van der Waals surface area contributed by atoms with Gasteiger partial charge in [-0.2, -0.15) is 4.31 Å². The summed E-state index contributed by atoms with van der Waals surface area (Å²) in [4.78, 5) is 0.360. The SMILES string of the molecule is CNC1CCCN(S(=O)(=O)c2ccccc2COC)C1.Cl. The van der Waals surface area contributed by atoms with Crippen LogP contribution < -0.4 is 5.32 Å². The highest BCUT2D eigenvalue weighted by Crippen LogP contribution is 2.24. The Balaban J connectivity index is 0.00000220. The Hall–Kier alpha value is -0.660. The summed E-state index contributed by atoms with van der Waals surface area (Å²) in [6.07, 6.45) is 1.90. The lowest BCUT2D eigenvalue weighted by molar-refractivity contribution is 0.182. The van der Waals surface area contributed by atoms with Crippen LogP contribution in [0.5, 0.6) is 0 Å². The predicted octanol–water partition coefficient (Wildman–Crippen LogP) is 1.63. The molecule has 21 heavy (non-hydrogen) atoms. The van der Waals surface area contributed by atoms with Crippen LogP contribution in [0.15, 0.2) is 29.2 Å². The molecule has 2 rings (SSSR count). The standard InChI is InChI=1S/C14H22N2O3S.ClH/c1-15-13-7-5-9-16(10-13)20(17,18)14-8-4-3-6-12(14)11-19-2;/h3-4,6,8,13,15H,5,7,9-11H2,1-2H3;1H. The van der Waals surface area contributed by atoms with Crippen LogP contribution in [0.4, 0.5) is 0 Å². The maximum Gasteiger partial charge on any atom is 0.243 e. The number of benzene rings is 1. The quantitative estimate of drug-likeness (QED) is 0.889. The first-order chi connectivity index (χ1) is 9.59. The molecule has 1 aliphatic rings. The van der Waals surface area contributed by atoms with E-state index in [1.54, 1.807) is 29.6 Å². The summed E-state index contributed by atoms with van der Waals surface area (Å²) in [6, 6.07) is 7.28. The highest BCUT2D eigenvalue weighted by atomic mass is 35.5. The predicted molar refractivity (Wildman–Crippen MR) is 85.2 cm³/mol. The minimum atomic E-state index is -3.44. The van der Waals surface area contributed by atoms with Gasteiger partial charge in [0.2, 0.25) is 10.0 Å². The zero-order valence-electron chi connectivity index (χ0n) is 12.4. The van der Waals surface area contributed by atoms with E-state index in [0.717, 1.165) is 12.8 Å². The third kappa shape index (κ3) is 4.17. The molecule has 0 bridgehead atoms. The highest BCUT2D eigenvalue weighted by molar-refractivity contribution is 7.89. The maximum absolute atomic E-state index is 12.8. The van der Waals surface area contributed by atoms with Crippen molar-refractivity contribution in [2.75, 3.05) is 27.2 Å². The highest BCUT2D eigenvalue weighted by Gasteiger charge is 2.30. The van der Waals surface area contributed by atoms with Crippen LogP contribution >= 0.6 is 12.4 Å². The maximum atomic E-state index is 12.8. The summed E-state index contributed by atoms with van der Waals surface area (Å²) in [7, 11) is 0.000859. The second kappa shape index (κ2) is 8.10. The number of sulfonamides is 1. The molecule has 1 aromatic carbocycles. The molecule has 1 saturated heterocycles.